The summed E-state index contributed by atoms with van der Waals surface area (Å²) in [4.78, 5) is 31.7. The molecule has 4 rings (SSSR count). The molecule has 0 saturated heterocycles. The maximum Gasteiger partial charge on any atom is 0.349 e. The van der Waals surface area contributed by atoms with E-state index >= 15 is 0 Å². The molecule has 1 unspecified atom stereocenters. The molecule has 8 heteroatoms. The number of amides is 1. The number of thiophene rings is 1. The average Bonchev–Trinajstić information content (AvgIpc) is 3.45. The predicted octanol–water partition coefficient (Wildman–Crippen LogP) is 5.72. The van der Waals surface area contributed by atoms with Crippen LogP contribution in [0, 0.1) is 0 Å². The lowest BCUT2D eigenvalue weighted by atomic mass is 9.99. The Bertz CT molecular complexity index is 1060. The second-order valence-corrected chi connectivity index (χ2v) is 9.55. The summed E-state index contributed by atoms with van der Waals surface area (Å²) in [5.41, 5.74) is 2.95. The molecule has 6 nitrogen and oxygen atoms in total. The Balaban J connectivity index is 1.38. The first kappa shape index (κ1) is 22.5. The number of hydrogen-bond donors (Lipinski definition) is 1. The van der Waals surface area contributed by atoms with E-state index in [-0.39, 0.29) is 5.91 Å². The third kappa shape index (κ3) is 5.19. The Morgan fingerprint density at radius 2 is 1.94 bits per heavy atom. The number of nitrogens with one attached hydrogen (secondary N) is 1. The van der Waals surface area contributed by atoms with Gasteiger partial charge in [-0.15, -0.1) is 22.7 Å². The number of benzene rings is 1. The van der Waals surface area contributed by atoms with E-state index in [9.17, 15) is 9.59 Å². The Hall–Kier alpha value is -2.71. The lowest BCUT2D eigenvalue weighted by Gasteiger charge is -2.14. The van der Waals surface area contributed by atoms with Crippen molar-refractivity contribution in [1.82, 2.24) is 4.98 Å². The van der Waals surface area contributed by atoms with Gasteiger partial charge in [0.25, 0.3) is 5.91 Å². The van der Waals surface area contributed by atoms with Gasteiger partial charge in [-0.2, -0.15) is 0 Å². The summed E-state index contributed by atoms with van der Waals surface area (Å²) in [6.45, 7) is 4.38. The summed E-state index contributed by atoms with van der Waals surface area (Å²) in [7, 11) is 0. The first-order chi connectivity index (χ1) is 15.6. The summed E-state index contributed by atoms with van der Waals surface area (Å²) in [5.74, 6) is 0.00887. The molecule has 32 heavy (non-hydrogen) atoms. The summed E-state index contributed by atoms with van der Waals surface area (Å²) in [6, 6.07) is 9.58. The minimum Gasteiger partial charge on any atom is -0.494 e. The monoisotopic (exact) mass is 470 g/mol. The van der Waals surface area contributed by atoms with Crippen LogP contribution in [-0.2, 0) is 22.4 Å². The van der Waals surface area contributed by atoms with E-state index in [0.717, 1.165) is 42.7 Å². The van der Waals surface area contributed by atoms with Crippen molar-refractivity contribution in [3.05, 3.63) is 51.0 Å². The Labute approximate surface area is 195 Å². The minimum absolute atomic E-state index is 0.366. The van der Waals surface area contributed by atoms with Crippen molar-refractivity contribution in [2.24, 2.45) is 0 Å². The molecule has 0 fully saturated rings. The van der Waals surface area contributed by atoms with E-state index in [1.807, 2.05) is 49.6 Å². The van der Waals surface area contributed by atoms with Crippen molar-refractivity contribution in [2.75, 3.05) is 11.9 Å². The van der Waals surface area contributed by atoms with E-state index in [0.29, 0.717) is 23.0 Å². The van der Waals surface area contributed by atoms with E-state index in [1.165, 1.54) is 33.1 Å². The van der Waals surface area contributed by atoms with Crippen LogP contribution in [0.25, 0.3) is 11.3 Å². The van der Waals surface area contributed by atoms with Crippen LogP contribution in [0.2, 0.25) is 0 Å². The lowest BCUT2D eigenvalue weighted by Crippen LogP contribution is -2.31. The topological polar surface area (TPSA) is 77.5 Å². The molecule has 168 valence electrons. The molecular formula is C24H26N2O4S2. The van der Waals surface area contributed by atoms with Gasteiger partial charge in [0.1, 0.15) is 10.6 Å². The smallest absolute Gasteiger partial charge is 0.349 e. The van der Waals surface area contributed by atoms with Crippen molar-refractivity contribution in [3.8, 4) is 17.0 Å². The number of aryl methyl sites for hydroxylation is 2. The highest BCUT2D eigenvalue weighted by Crippen LogP contribution is 2.31. The Morgan fingerprint density at radius 3 is 2.66 bits per heavy atom. The number of carbonyl (C=O) groups is 2. The number of ether oxygens (including phenoxy) is 2. The summed E-state index contributed by atoms with van der Waals surface area (Å²) in [5, 5.41) is 5.15. The van der Waals surface area contributed by atoms with Crippen molar-refractivity contribution in [1.29, 1.82) is 0 Å². The van der Waals surface area contributed by atoms with Crippen LogP contribution in [0.4, 0.5) is 5.13 Å². The highest BCUT2D eigenvalue weighted by molar-refractivity contribution is 7.14. The largest absolute Gasteiger partial charge is 0.494 e. The van der Waals surface area contributed by atoms with Gasteiger partial charge in [0.2, 0.25) is 0 Å². The first-order valence-corrected chi connectivity index (χ1v) is 12.6. The van der Waals surface area contributed by atoms with Gasteiger partial charge in [0.15, 0.2) is 11.2 Å². The van der Waals surface area contributed by atoms with Crippen molar-refractivity contribution in [3.63, 3.8) is 0 Å². The number of fused-ring (bicyclic) bond motifs is 1. The summed E-state index contributed by atoms with van der Waals surface area (Å²) >= 11 is 2.83. The molecule has 2 heterocycles. The second-order valence-electron chi connectivity index (χ2n) is 7.55. The predicted molar refractivity (Wildman–Crippen MR) is 128 cm³/mol. The third-order valence-electron chi connectivity index (χ3n) is 5.31. The maximum atomic E-state index is 12.7. The SMILES string of the molecule is CCOc1ccc(-c2csc(NC(=O)C(CC)OC(=O)c3cc4c(s3)CCCC4)n2)cc1. The molecule has 2 aromatic heterocycles. The van der Waals surface area contributed by atoms with Gasteiger partial charge in [-0.05, 0) is 74.9 Å². The Morgan fingerprint density at radius 1 is 1.16 bits per heavy atom. The number of nitrogens with zero attached hydrogens (tertiary/aromatic N) is 1. The molecule has 1 aliphatic carbocycles. The number of anilines is 1. The quantitative estimate of drug-likeness (QED) is 0.426. The van der Waals surface area contributed by atoms with E-state index in [1.54, 1.807) is 0 Å². The Kier molecular flexibility index (Phi) is 7.22. The molecule has 1 aliphatic rings. The van der Waals surface area contributed by atoms with Gasteiger partial charge in [-0.25, -0.2) is 9.78 Å². The standard InChI is InChI=1S/C24H26N2O4S2/c1-3-19(30-23(28)21-13-16-7-5-6-8-20(16)32-21)22(27)26-24-25-18(14-31-24)15-9-11-17(12-10-15)29-4-2/h9-14,19H,3-8H2,1-2H3,(H,25,26,27). The first-order valence-electron chi connectivity index (χ1n) is 10.9. The number of esters is 1. The number of carbonyl (C=O) groups excluding carboxylic acids is 2. The van der Waals surface area contributed by atoms with Crippen molar-refractivity contribution < 1.29 is 19.1 Å². The molecule has 0 spiro atoms. The molecule has 1 aromatic carbocycles. The summed E-state index contributed by atoms with van der Waals surface area (Å²) in [6.07, 6.45) is 3.88. The zero-order chi connectivity index (χ0) is 22.5. The van der Waals surface area contributed by atoms with Crippen molar-refractivity contribution in [2.45, 2.75) is 52.1 Å². The van der Waals surface area contributed by atoms with Crippen LogP contribution in [-0.4, -0.2) is 29.6 Å². The van der Waals surface area contributed by atoms with Crippen LogP contribution in [0.5, 0.6) is 5.75 Å². The summed E-state index contributed by atoms with van der Waals surface area (Å²) < 4.78 is 11.0. The molecule has 1 atom stereocenters. The van der Waals surface area contributed by atoms with Gasteiger partial charge in [-0.3, -0.25) is 10.1 Å². The molecule has 1 N–H and O–H groups in total. The van der Waals surface area contributed by atoms with Gasteiger partial charge < -0.3 is 9.47 Å². The molecule has 0 radical (unpaired) electrons. The number of hydrogen-bond acceptors (Lipinski definition) is 7. The number of aromatic nitrogens is 1. The molecular weight excluding hydrogens is 444 g/mol. The van der Waals surface area contributed by atoms with Gasteiger partial charge in [0, 0.05) is 15.8 Å². The van der Waals surface area contributed by atoms with Crippen LogP contribution < -0.4 is 10.1 Å². The fourth-order valence-electron chi connectivity index (χ4n) is 3.64. The van der Waals surface area contributed by atoms with Crippen LogP contribution in [0.15, 0.2) is 35.7 Å². The van der Waals surface area contributed by atoms with E-state index in [4.69, 9.17) is 9.47 Å². The fraction of sp³-hybridized carbons (Fsp3) is 0.375. The maximum absolute atomic E-state index is 12.7. The number of thiazole rings is 1. The third-order valence-corrected chi connectivity index (χ3v) is 7.28. The van der Waals surface area contributed by atoms with E-state index in [2.05, 4.69) is 10.3 Å². The molecule has 1 amide bonds. The number of rotatable bonds is 8. The highest BCUT2D eigenvalue weighted by atomic mass is 32.1. The molecule has 0 aliphatic heterocycles. The average molecular weight is 471 g/mol. The van der Waals surface area contributed by atoms with Crippen molar-refractivity contribution >= 4 is 39.7 Å². The van der Waals surface area contributed by atoms with E-state index < -0.39 is 12.1 Å². The van der Waals surface area contributed by atoms with Crippen LogP contribution in [0.3, 0.4) is 0 Å². The van der Waals surface area contributed by atoms with Crippen LogP contribution in [0.1, 0.15) is 53.2 Å². The lowest BCUT2D eigenvalue weighted by molar-refractivity contribution is -0.124. The fourth-order valence-corrected chi connectivity index (χ4v) is 5.50. The minimum atomic E-state index is -0.862. The normalized spacial score (nSPS) is 13.8. The second kappa shape index (κ2) is 10.3. The zero-order valence-electron chi connectivity index (χ0n) is 18.2. The highest BCUT2D eigenvalue weighted by Gasteiger charge is 2.25. The molecule has 0 bridgehead atoms. The van der Waals surface area contributed by atoms with Gasteiger partial charge in [0.05, 0.1) is 12.3 Å². The van der Waals surface area contributed by atoms with Gasteiger partial charge in [-0.1, -0.05) is 6.92 Å². The molecule has 3 aromatic rings. The van der Waals surface area contributed by atoms with Gasteiger partial charge >= 0.3 is 5.97 Å². The molecule has 0 saturated carbocycles. The van der Waals surface area contributed by atoms with Crippen LogP contribution >= 0.6 is 22.7 Å². The zero-order valence-corrected chi connectivity index (χ0v) is 19.8.